The van der Waals surface area contributed by atoms with Crippen molar-refractivity contribution in [3.05, 3.63) is 70.0 Å². The molecule has 1 atom stereocenters. The highest BCUT2D eigenvalue weighted by atomic mass is 79.9. The number of piperidine rings is 1. The number of carbonyl (C=O) groups excluding carboxylic acids is 1. The van der Waals surface area contributed by atoms with Crippen molar-refractivity contribution in [2.24, 2.45) is 10.9 Å². The van der Waals surface area contributed by atoms with Gasteiger partial charge in [-0.1, -0.05) is 40.3 Å². The molecule has 9 heteroatoms. The Morgan fingerprint density at radius 2 is 2.03 bits per heavy atom. The van der Waals surface area contributed by atoms with Crippen LogP contribution in [0.4, 0.5) is 0 Å². The van der Waals surface area contributed by atoms with E-state index in [9.17, 15) is 13.2 Å². The van der Waals surface area contributed by atoms with Crippen molar-refractivity contribution >= 4 is 53.4 Å². The monoisotopic (exact) mass is 533 g/mol. The number of fused-ring (bicyclic) bond motifs is 1. The second-order valence-electron chi connectivity index (χ2n) is 7.95. The van der Waals surface area contributed by atoms with E-state index in [1.165, 1.54) is 39.9 Å². The molecule has 6 nitrogen and oxygen atoms in total. The molecule has 0 spiro atoms. The van der Waals surface area contributed by atoms with Crippen LogP contribution in [0.15, 0.2) is 69.5 Å². The first kappa shape index (κ1) is 23.1. The van der Waals surface area contributed by atoms with Crippen LogP contribution in [0, 0.1) is 5.92 Å². The van der Waals surface area contributed by atoms with Crippen LogP contribution < -0.4 is 4.80 Å². The molecule has 2 aromatic carbocycles. The van der Waals surface area contributed by atoms with Crippen molar-refractivity contribution in [2.75, 3.05) is 13.1 Å². The summed E-state index contributed by atoms with van der Waals surface area (Å²) < 4.78 is 31.3. The lowest BCUT2D eigenvalue weighted by atomic mass is 10.0. The normalized spacial score (nSPS) is 18.2. The fourth-order valence-electron chi connectivity index (χ4n) is 3.87. The topological polar surface area (TPSA) is 71.7 Å². The van der Waals surface area contributed by atoms with Crippen molar-refractivity contribution in [2.45, 2.75) is 31.2 Å². The summed E-state index contributed by atoms with van der Waals surface area (Å²) in [6.45, 7) is 7.46. The zero-order chi connectivity index (χ0) is 22.9. The molecule has 2 heterocycles. The Balaban J connectivity index is 1.64. The van der Waals surface area contributed by atoms with Crippen LogP contribution in [-0.2, 0) is 16.6 Å². The molecule has 1 aromatic heterocycles. The summed E-state index contributed by atoms with van der Waals surface area (Å²) >= 11 is 4.90. The highest BCUT2D eigenvalue weighted by Gasteiger charge is 2.28. The van der Waals surface area contributed by atoms with Crippen LogP contribution in [-0.4, -0.2) is 36.3 Å². The second-order valence-corrected chi connectivity index (χ2v) is 11.8. The van der Waals surface area contributed by atoms with E-state index in [0.29, 0.717) is 35.9 Å². The maximum atomic E-state index is 13.0. The van der Waals surface area contributed by atoms with Crippen LogP contribution in [0.5, 0.6) is 0 Å². The molecular formula is C23H24BrN3O3S2. The van der Waals surface area contributed by atoms with E-state index in [0.717, 1.165) is 27.5 Å². The molecule has 1 fully saturated rings. The van der Waals surface area contributed by atoms with Crippen molar-refractivity contribution in [3.63, 3.8) is 0 Å². The summed E-state index contributed by atoms with van der Waals surface area (Å²) in [6, 6.07) is 12.0. The predicted octanol–water partition coefficient (Wildman–Crippen LogP) is 4.81. The highest BCUT2D eigenvalue weighted by molar-refractivity contribution is 9.10. The van der Waals surface area contributed by atoms with Crippen molar-refractivity contribution in [1.82, 2.24) is 8.87 Å². The van der Waals surface area contributed by atoms with Gasteiger partial charge in [0.15, 0.2) is 4.80 Å². The Morgan fingerprint density at radius 1 is 1.28 bits per heavy atom. The minimum atomic E-state index is -3.56. The molecule has 1 aliphatic heterocycles. The van der Waals surface area contributed by atoms with Crippen molar-refractivity contribution in [3.8, 4) is 0 Å². The maximum absolute atomic E-state index is 13.0. The van der Waals surface area contributed by atoms with Crippen molar-refractivity contribution in [1.29, 1.82) is 0 Å². The van der Waals surface area contributed by atoms with E-state index in [2.05, 4.69) is 34.4 Å². The number of nitrogens with zero attached hydrogens (tertiary/aromatic N) is 3. The second kappa shape index (κ2) is 9.43. The smallest absolute Gasteiger partial charge is 0.279 e. The number of aromatic nitrogens is 1. The Morgan fingerprint density at radius 3 is 2.72 bits per heavy atom. The molecule has 1 unspecified atom stereocenters. The third-order valence-electron chi connectivity index (χ3n) is 5.51. The summed E-state index contributed by atoms with van der Waals surface area (Å²) in [7, 11) is -3.56. The Bertz CT molecular complexity index is 1340. The summed E-state index contributed by atoms with van der Waals surface area (Å²) in [6.07, 6.45) is 3.67. The number of amides is 1. The van der Waals surface area contributed by atoms with Gasteiger partial charge < -0.3 is 4.57 Å². The zero-order valence-corrected chi connectivity index (χ0v) is 20.9. The highest BCUT2D eigenvalue weighted by Crippen LogP contribution is 2.24. The summed E-state index contributed by atoms with van der Waals surface area (Å²) in [4.78, 5) is 18.0. The van der Waals surface area contributed by atoms with E-state index < -0.39 is 15.9 Å². The molecule has 1 aliphatic rings. The van der Waals surface area contributed by atoms with Gasteiger partial charge in [0.2, 0.25) is 10.0 Å². The largest absolute Gasteiger partial charge is 0.312 e. The molecular weight excluding hydrogens is 510 g/mol. The number of sulfonamides is 1. The van der Waals surface area contributed by atoms with Gasteiger partial charge in [0.1, 0.15) is 0 Å². The minimum absolute atomic E-state index is 0.205. The maximum Gasteiger partial charge on any atom is 0.279 e. The van der Waals surface area contributed by atoms with Crippen LogP contribution in [0.25, 0.3) is 10.2 Å². The molecule has 4 rings (SSSR count). The SMILES string of the molecule is C=CCn1c(=NC(=O)c2ccc(S(=O)(=O)N3CCCC(C)C3)cc2)sc2cc(Br)ccc21. The average molecular weight is 535 g/mol. The lowest BCUT2D eigenvalue weighted by Gasteiger charge is -2.30. The van der Waals surface area contributed by atoms with Gasteiger partial charge in [0.05, 0.1) is 15.1 Å². The molecule has 1 amide bonds. The Labute approximate surface area is 200 Å². The quantitative estimate of drug-likeness (QED) is 0.441. The van der Waals surface area contributed by atoms with Gasteiger partial charge in [-0.3, -0.25) is 4.79 Å². The van der Waals surface area contributed by atoms with E-state index in [1.807, 2.05) is 22.8 Å². The van der Waals surface area contributed by atoms with E-state index in [-0.39, 0.29) is 4.90 Å². The van der Waals surface area contributed by atoms with E-state index in [4.69, 9.17) is 0 Å². The summed E-state index contributed by atoms with van der Waals surface area (Å²) in [5, 5.41) is 0. The fraction of sp³-hybridized carbons (Fsp3) is 0.304. The molecule has 0 aliphatic carbocycles. The zero-order valence-electron chi connectivity index (χ0n) is 17.7. The van der Waals surface area contributed by atoms with Crippen LogP contribution in [0.1, 0.15) is 30.1 Å². The van der Waals surface area contributed by atoms with E-state index in [1.54, 1.807) is 6.08 Å². The average Bonchev–Trinajstić information content (AvgIpc) is 3.10. The number of halogens is 1. The van der Waals surface area contributed by atoms with Crippen LogP contribution in [0.3, 0.4) is 0 Å². The van der Waals surface area contributed by atoms with Gasteiger partial charge in [-0.15, -0.1) is 6.58 Å². The van der Waals surface area contributed by atoms with Gasteiger partial charge in [-0.25, -0.2) is 8.42 Å². The molecule has 0 radical (unpaired) electrons. The summed E-state index contributed by atoms with van der Waals surface area (Å²) in [5.74, 6) is -0.0636. The number of carbonyl (C=O) groups is 1. The molecule has 0 N–H and O–H groups in total. The standard InChI is InChI=1S/C23H24BrN3O3S2/c1-3-12-27-20-11-8-18(24)14-21(20)31-23(27)25-22(28)17-6-9-19(10-7-17)32(29,30)26-13-4-5-16(2)15-26/h3,6-11,14,16H,1,4-5,12-13,15H2,2H3. The van der Waals surface area contributed by atoms with Gasteiger partial charge in [-0.05, 0) is 61.2 Å². The molecule has 0 bridgehead atoms. The first-order valence-electron chi connectivity index (χ1n) is 10.4. The summed E-state index contributed by atoms with van der Waals surface area (Å²) in [5.41, 5.74) is 1.32. The van der Waals surface area contributed by atoms with Crippen LogP contribution in [0.2, 0.25) is 0 Å². The van der Waals surface area contributed by atoms with Gasteiger partial charge >= 0.3 is 0 Å². The molecule has 3 aromatic rings. The van der Waals surface area contributed by atoms with E-state index >= 15 is 0 Å². The number of benzene rings is 2. The number of rotatable bonds is 5. The Hall–Kier alpha value is -2.07. The molecule has 0 saturated carbocycles. The lowest BCUT2D eigenvalue weighted by molar-refractivity contribution is 0.0998. The third-order valence-corrected chi connectivity index (χ3v) is 8.93. The predicted molar refractivity (Wildman–Crippen MR) is 131 cm³/mol. The minimum Gasteiger partial charge on any atom is -0.312 e. The molecule has 168 valence electrons. The first-order chi connectivity index (χ1) is 15.3. The Kier molecular flexibility index (Phi) is 6.80. The van der Waals surface area contributed by atoms with Crippen molar-refractivity contribution < 1.29 is 13.2 Å². The van der Waals surface area contributed by atoms with Crippen LogP contribution >= 0.6 is 27.3 Å². The van der Waals surface area contributed by atoms with Gasteiger partial charge in [0.25, 0.3) is 5.91 Å². The molecule has 1 saturated heterocycles. The third kappa shape index (κ3) is 4.66. The number of hydrogen-bond donors (Lipinski definition) is 0. The van der Waals surface area contributed by atoms with Gasteiger partial charge in [0, 0.05) is 29.7 Å². The number of thiazole rings is 1. The lowest BCUT2D eigenvalue weighted by Crippen LogP contribution is -2.39. The molecule has 32 heavy (non-hydrogen) atoms. The number of allylic oxidation sites excluding steroid dienone is 1. The fourth-order valence-corrected chi connectivity index (χ4v) is 7.06. The number of hydrogen-bond acceptors (Lipinski definition) is 4. The first-order valence-corrected chi connectivity index (χ1v) is 13.4. The van der Waals surface area contributed by atoms with Gasteiger partial charge in [-0.2, -0.15) is 9.30 Å².